The predicted molar refractivity (Wildman–Crippen MR) is 134 cm³/mol. The summed E-state index contributed by atoms with van der Waals surface area (Å²) in [4.78, 5) is 29.9. The molecule has 0 saturated heterocycles. The average Bonchev–Trinajstić information content (AvgIpc) is 3.27. The molecule has 0 saturated carbocycles. The van der Waals surface area contributed by atoms with E-state index in [9.17, 15) is 14.7 Å². The first-order chi connectivity index (χ1) is 16.2. The number of rotatable bonds is 7. The Morgan fingerprint density at radius 2 is 1.56 bits per heavy atom. The predicted octanol–water partition coefficient (Wildman–Crippen LogP) is 6.28. The van der Waals surface area contributed by atoms with Crippen LogP contribution in [0.2, 0.25) is 0 Å². The number of nitrogens with zero attached hydrogens (tertiary/aromatic N) is 1. The molecule has 0 fully saturated rings. The third kappa shape index (κ3) is 5.15. The van der Waals surface area contributed by atoms with Crippen molar-refractivity contribution in [1.82, 2.24) is 4.98 Å². The van der Waals surface area contributed by atoms with E-state index in [1.54, 1.807) is 12.1 Å². The molecule has 2 N–H and O–H groups in total. The minimum Gasteiger partial charge on any atom is -0.478 e. The number of aryl methyl sites for hydroxylation is 1. The van der Waals surface area contributed by atoms with Crippen LogP contribution in [0.3, 0.4) is 0 Å². The van der Waals surface area contributed by atoms with Crippen LogP contribution in [0.4, 0.5) is 5.69 Å². The van der Waals surface area contributed by atoms with Gasteiger partial charge in [-0.1, -0.05) is 48.0 Å². The SMILES string of the molecule is Cc1ccc(NC(=O)c2nc(-c3ccc(OC(C)(C)C(=O)O)cc3)sc2-c2ccccc2)cc1. The quantitative estimate of drug-likeness (QED) is 0.330. The number of aromatic nitrogens is 1. The molecule has 34 heavy (non-hydrogen) atoms. The molecule has 1 amide bonds. The van der Waals surface area contributed by atoms with E-state index >= 15 is 0 Å². The number of carboxylic acids is 1. The molecule has 7 heteroatoms. The Bertz CT molecular complexity index is 1310. The van der Waals surface area contributed by atoms with Gasteiger partial charge < -0.3 is 15.2 Å². The van der Waals surface area contributed by atoms with Crippen molar-refractivity contribution in [3.8, 4) is 26.8 Å². The number of aliphatic carboxylic acids is 1. The smallest absolute Gasteiger partial charge is 0.347 e. The summed E-state index contributed by atoms with van der Waals surface area (Å²) in [7, 11) is 0. The molecule has 1 heterocycles. The summed E-state index contributed by atoms with van der Waals surface area (Å²) in [5.41, 5.74) is 2.52. The highest BCUT2D eigenvalue weighted by Crippen LogP contribution is 2.36. The fraction of sp³-hybridized carbons (Fsp3) is 0.148. The number of thiazole rings is 1. The van der Waals surface area contributed by atoms with Crippen molar-refractivity contribution >= 4 is 28.9 Å². The Balaban J connectivity index is 1.66. The average molecular weight is 473 g/mol. The second kappa shape index (κ2) is 9.49. The number of hydrogen-bond acceptors (Lipinski definition) is 5. The van der Waals surface area contributed by atoms with E-state index in [2.05, 4.69) is 10.3 Å². The van der Waals surface area contributed by atoms with Gasteiger partial charge in [-0.05, 0) is 62.7 Å². The molecule has 172 valence electrons. The van der Waals surface area contributed by atoms with Crippen molar-refractivity contribution in [3.05, 3.63) is 90.1 Å². The largest absolute Gasteiger partial charge is 0.478 e. The van der Waals surface area contributed by atoms with Crippen LogP contribution in [-0.4, -0.2) is 27.6 Å². The summed E-state index contributed by atoms with van der Waals surface area (Å²) in [6.07, 6.45) is 0. The summed E-state index contributed by atoms with van der Waals surface area (Å²) in [6, 6.07) is 24.3. The van der Waals surface area contributed by atoms with Crippen LogP contribution in [0.1, 0.15) is 29.9 Å². The van der Waals surface area contributed by atoms with Crippen LogP contribution in [-0.2, 0) is 4.79 Å². The highest BCUT2D eigenvalue weighted by Gasteiger charge is 2.29. The first kappa shape index (κ1) is 23.2. The molecule has 3 aromatic carbocycles. The molecule has 0 unspecified atom stereocenters. The summed E-state index contributed by atoms with van der Waals surface area (Å²) >= 11 is 1.42. The zero-order valence-electron chi connectivity index (χ0n) is 19.0. The number of anilines is 1. The summed E-state index contributed by atoms with van der Waals surface area (Å²) < 4.78 is 5.58. The van der Waals surface area contributed by atoms with Gasteiger partial charge in [0.25, 0.3) is 5.91 Å². The summed E-state index contributed by atoms with van der Waals surface area (Å²) in [5, 5.41) is 12.9. The van der Waals surface area contributed by atoms with E-state index in [0.29, 0.717) is 22.1 Å². The lowest BCUT2D eigenvalue weighted by molar-refractivity contribution is -0.152. The lowest BCUT2D eigenvalue weighted by Gasteiger charge is -2.21. The summed E-state index contributed by atoms with van der Waals surface area (Å²) in [5.74, 6) is -0.894. The number of ether oxygens (including phenoxy) is 1. The Labute approximate surface area is 201 Å². The Morgan fingerprint density at radius 3 is 2.18 bits per heavy atom. The number of nitrogens with one attached hydrogen (secondary N) is 1. The molecule has 0 aliphatic carbocycles. The molecule has 0 spiro atoms. The molecule has 6 nitrogen and oxygen atoms in total. The van der Waals surface area contributed by atoms with Gasteiger partial charge in [-0.15, -0.1) is 11.3 Å². The zero-order chi connectivity index (χ0) is 24.3. The summed E-state index contributed by atoms with van der Waals surface area (Å²) in [6.45, 7) is 4.98. The van der Waals surface area contributed by atoms with Gasteiger partial charge >= 0.3 is 5.97 Å². The highest BCUT2D eigenvalue weighted by atomic mass is 32.1. The molecule has 4 rings (SSSR count). The van der Waals surface area contributed by atoms with Crippen molar-refractivity contribution in [3.63, 3.8) is 0 Å². The van der Waals surface area contributed by atoms with E-state index < -0.39 is 11.6 Å². The van der Waals surface area contributed by atoms with Crippen LogP contribution >= 0.6 is 11.3 Å². The zero-order valence-corrected chi connectivity index (χ0v) is 19.8. The van der Waals surface area contributed by atoms with Crippen molar-refractivity contribution in [2.45, 2.75) is 26.4 Å². The maximum atomic E-state index is 13.2. The van der Waals surface area contributed by atoms with E-state index in [1.165, 1.54) is 25.2 Å². The van der Waals surface area contributed by atoms with Gasteiger partial charge in [-0.25, -0.2) is 9.78 Å². The van der Waals surface area contributed by atoms with Gasteiger partial charge in [0.15, 0.2) is 5.60 Å². The van der Waals surface area contributed by atoms with Crippen molar-refractivity contribution in [2.24, 2.45) is 0 Å². The second-order valence-electron chi connectivity index (χ2n) is 8.32. The lowest BCUT2D eigenvalue weighted by Crippen LogP contribution is -2.37. The monoisotopic (exact) mass is 472 g/mol. The van der Waals surface area contributed by atoms with Crippen LogP contribution in [0.25, 0.3) is 21.0 Å². The fourth-order valence-electron chi connectivity index (χ4n) is 3.21. The molecule has 0 bridgehead atoms. The van der Waals surface area contributed by atoms with Crippen LogP contribution in [0, 0.1) is 6.92 Å². The fourth-order valence-corrected chi connectivity index (χ4v) is 4.29. The third-order valence-electron chi connectivity index (χ3n) is 5.18. The van der Waals surface area contributed by atoms with Crippen molar-refractivity contribution in [1.29, 1.82) is 0 Å². The van der Waals surface area contributed by atoms with Gasteiger partial charge in [-0.3, -0.25) is 4.79 Å². The molecule has 1 aromatic heterocycles. The highest BCUT2D eigenvalue weighted by molar-refractivity contribution is 7.18. The van der Waals surface area contributed by atoms with E-state index in [-0.39, 0.29) is 5.91 Å². The Morgan fingerprint density at radius 1 is 0.912 bits per heavy atom. The van der Waals surface area contributed by atoms with Crippen LogP contribution in [0.15, 0.2) is 78.9 Å². The third-order valence-corrected chi connectivity index (χ3v) is 6.33. The van der Waals surface area contributed by atoms with Gasteiger partial charge in [-0.2, -0.15) is 0 Å². The molecule has 0 aliphatic rings. The number of carbonyl (C=O) groups excluding carboxylic acids is 1. The van der Waals surface area contributed by atoms with Crippen LogP contribution in [0.5, 0.6) is 5.75 Å². The normalized spacial score (nSPS) is 11.1. The van der Waals surface area contributed by atoms with Gasteiger partial charge in [0.1, 0.15) is 16.5 Å². The van der Waals surface area contributed by atoms with Crippen LogP contribution < -0.4 is 10.1 Å². The topological polar surface area (TPSA) is 88.5 Å². The number of benzene rings is 3. The van der Waals surface area contributed by atoms with Gasteiger partial charge in [0.2, 0.25) is 0 Å². The van der Waals surface area contributed by atoms with Gasteiger partial charge in [0.05, 0.1) is 4.88 Å². The molecule has 0 aliphatic heterocycles. The standard InChI is InChI=1S/C27H24N2O4S/c1-17-9-13-20(14-10-17)28-24(30)22-23(18-7-5-4-6-8-18)34-25(29-22)19-11-15-21(16-12-19)33-27(2,3)26(31)32/h4-16H,1-3H3,(H,28,30)(H,31,32). The number of carboxylic acid groups (broad SMARTS) is 1. The van der Waals surface area contributed by atoms with Crippen molar-refractivity contribution < 1.29 is 19.4 Å². The molecule has 0 radical (unpaired) electrons. The van der Waals surface area contributed by atoms with E-state index in [4.69, 9.17) is 4.74 Å². The van der Waals surface area contributed by atoms with E-state index in [0.717, 1.165) is 21.6 Å². The number of hydrogen-bond donors (Lipinski definition) is 2. The molecule has 0 atom stereocenters. The van der Waals surface area contributed by atoms with E-state index in [1.807, 2.05) is 73.7 Å². The Kier molecular flexibility index (Phi) is 6.47. The van der Waals surface area contributed by atoms with Gasteiger partial charge in [0, 0.05) is 11.3 Å². The first-order valence-corrected chi connectivity index (χ1v) is 11.5. The maximum absolute atomic E-state index is 13.2. The minimum absolute atomic E-state index is 0.284. The number of carbonyl (C=O) groups is 2. The molecular weight excluding hydrogens is 448 g/mol. The molecular formula is C27H24N2O4S. The maximum Gasteiger partial charge on any atom is 0.347 e. The lowest BCUT2D eigenvalue weighted by atomic mass is 10.1. The minimum atomic E-state index is -1.34. The van der Waals surface area contributed by atoms with Crippen molar-refractivity contribution in [2.75, 3.05) is 5.32 Å². The molecule has 4 aromatic rings. The second-order valence-corrected chi connectivity index (χ2v) is 9.32. The number of amides is 1. The first-order valence-electron chi connectivity index (χ1n) is 10.7. The Hall–Kier alpha value is -3.97.